The number of amides is 1. The second-order valence-electron chi connectivity index (χ2n) is 5.73. The van der Waals surface area contributed by atoms with Gasteiger partial charge in [0.05, 0.1) is 6.54 Å². The van der Waals surface area contributed by atoms with E-state index in [0.29, 0.717) is 19.7 Å². The van der Waals surface area contributed by atoms with Crippen LogP contribution in [0.3, 0.4) is 0 Å². The zero-order valence-electron chi connectivity index (χ0n) is 12.5. The van der Waals surface area contributed by atoms with Crippen molar-refractivity contribution in [3.05, 3.63) is 34.9 Å². The van der Waals surface area contributed by atoms with Crippen LogP contribution in [0, 0.1) is 0 Å². The zero-order chi connectivity index (χ0) is 15.4. The van der Waals surface area contributed by atoms with Gasteiger partial charge < -0.3 is 19.7 Å². The van der Waals surface area contributed by atoms with Crippen molar-refractivity contribution in [1.29, 1.82) is 0 Å². The Kier molecular flexibility index (Phi) is 4.86. The molecule has 1 N–H and O–H groups in total. The predicted molar refractivity (Wildman–Crippen MR) is 84.1 cm³/mol. The molecular formula is C16H21ClN2O3. The molecule has 0 aromatic heterocycles. The highest BCUT2D eigenvalue weighted by molar-refractivity contribution is 6.30. The number of benzene rings is 1. The quantitative estimate of drug-likeness (QED) is 0.903. The standard InChI is InChI=1S/C16H21ClN2O3/c17-14-3-1-13(2-4-14)16(5-10-21-11-6-16)18-7-8-19-9-12-22-15(19)20/h1-4,18H,5-12H2. The molecule has 3 rings (SSSR count). The maximum atomic E-state index is 11.5. The number of ether oxygens (including phenoxy) is 2. The van der Waals surface area contributed by atoms with E-state index in [1.54, 1.807) is 4.90 Å². The molecule has 0 bridgehead atoms. The van der Waals surface area contributed by atoms with Gasteiger partial charge in [0.15, 0.2) is 0 Å². The molecular weight excluding hydrogens is 304 g/mol. The van der Waals surface area contributed by atoms with Gasteiger partial charge in [-0.25, -0.2) is 4.79 Å². The van der Waals surface area contributed by atoms with Gasteiger partial charge in [-0.05, 0) is 30.5 Å². The van der Waals surface area contributed by atoms with Gasteiger partial charge in [0.25, 0.3) is 0 Å². The molecule has 1 amide bonds. The van der Waals surface area contributed by atoms with Crippen molar-refractivity contribution in [3.63, 3.8) is 0 Å². The number of nitrogens with one attached hydrogen (secondary N) is 1. The number of cyclic esters (lactones) is 1. The van der Waals surface area contributed by atoms with Gasteiger partial charge in [0.1, 0.15) is 6.61 Å². The predicted octanol–water partition coefficient (Wildman–Crippen LogP) is 2.39. The third kappa shape index (κ3) is 3.37. The third-order valence-electron chi connectivity index (χ3n) is 4.43. The first-order valence-electron chi connectivity index (χ1n) is 7.70. The molecule has 2 heterocycles. The van der Waals surface area contributed by atoms with Crippen LogP contribution in [0.25, 0.3) is 0 Å². The highest BCUT2D eigenvalue weighted by Crippen LogP contribution is 2.32. The molecule has 22 heavy (non-hydrogen) atoms. The van der Waals surface area contributed by atoms with E-state index in [1.807, 2.05) is 12.1 Å². The fourth-order valence-electron chi connectivity index (χ4n) is 3.12. The summed E-state index contributed by atoms with van der Waals surface area (Å²) >= 11 is 6.00. The Hall–Kier alpha value is -1.30. The molecule has 0 aliphatic carbocycles. The van der Waals surface area contributed by atoms with Gasteiger partial charge in [-0.2, -0.15) is 0 Å². The first kappa shape index (κ1) is 15.6. The molecule has 2 fully saturated rings. The summed E-state index contributed by atoms with van der Waals surface area (Å²) in [5, 5.41) is 4.39. The summed E-state index contributed by atoms with van der Waals surface area (Å²) in [5.41, 5.74) is 1.12. The van der Waals surface area contributed by atoms with Gasteiger partial charge in [-0.15, -0.1) is 0 Å². The molecule has 0 unspecified atom stereocenters. The molecule has 0 atom stereocenters. The summed E-state index contributed by atoms with van der Waals surface area (Å²) in [6.07, 6.45) is 1.62. The van der Waals surface area contributed by atoms with Crippen LogP contribution in [0.15, 0.2) is 24.3 Å². The summed E-state index contributed by atoms with van der Waals surface area (Å²) in [6.45, 7) is 4.04. The molecule has 5 nitrogen and oxygen atoms in total. The van der Waals surface area contributed by atoms with E-state index in [9.17, 15) is 4.79 Å². The topological polar surface area (TPSA) is 50.8 Å². The SMILES string of the molecule is O=C1OCCN1CCNC1(c2ccc(Cl)cc2)CCOCC1. The third-order valence-corrected chi connectivity index (χ3v) is 4.69. The number of hydrogen-bond acceptors (Lipinski definition) is 4. The van der Waals surface area contributed by atoms with Crippen LogP contribution < -0.4 is 5.32 Å². The van der Waals surface area contributed by atoms with Crippen LogP contribution in [-0.4, -0.2) is 50.4 Å². The van der Waals surface area contributed by atoms with E-state index in [4.69, 9.17) is 21.1 Å². The lowest BCUT2D eigenvalue weighted by molar-refractivity contribution is 0.0360. The van der Waals surface area contributed by atoms with Crippen molar-refractivity contribution in [3.8, 4) is 0 Å². The van der Waals surface area contributed by atoms with Gasteiger partial charge in [-0.3, -0.25) is 0 Å². The second-order valence-corrected chi connectivity index (χ2v) is 6.17. The van der Waals surface area contributed by atoms with Crippen LogP contribution >= 0.6 is 11.6 Å². The van der Waals surface area contributed by atoms with Crippen molar-refractivity contribution < 1.29 is 14.3 Å². The smallest absolute Gasteiger partial charge is 0.409 e. The minimum Gasteiger partial charge on any atom is -0.448 e. The zero-order valence-corrected chi connectivity index (χ0v) is 13.3. The summed E-state index contributed by atoms with van der Waals surface area (Å²) in [4.78, 5) is 13.2. The lowest BCUT2D eigenvalue weighted by Gasteiger charge is -2.39. The van der Waals surface area contributed by atoms with Crippen molar-refractivity contribution in [1.82, 2.24) is 10.2 Å². The molecule has 1 aromatic carbocycles. The summed E-state index contributed by atoms with van der Waals surface area (Å²) < 4.78 is 10.5. The van der Waals surface area contributed by atoms with Crippen molar-refractivity contribution >= 4 is 17.7 Å². The van der Waals surface area contributed by atoms with Crippen LogP contribution in [0.2, 0.25) is 5.02 Å². The number of hydrogen-bond donors (Lipinski definition) is 1. The van der Waals surface area contributed by atoms with E-state index < -0.39 is 0 Å². The summed E-state index contributed by atoms with van der Waals surface area (Å²) in [5.74, 6) is 0. The molecule has 0 saturated carbocycles. The van der Waals surface area contributed by atoms with E-state index >= 15 is 0 Å². The van der Waals surface area contributed by atoms with E-state index in [2.05, 4.69) is 17.4 Å². The lowest BCUT2D eigenvalue weighted by Crippen LogP contribution is -2.49. The van der Waals surface area contributed by atoms with E-state index in [1.165, 1.54) is 5.56 Å². The highest BCUT2D eigenvalue weighted by atomic mass is 35.5. The van der Waals surface area contributed by atoms with Crippen LogP contribution in [0.4, 0.5) is 4.79 Å². The van der Waals surface area contributed by atoms with E-state index in [-0.39, 0.29) is 11.6 Å². The number of carbonyl (C=O) groups excluding carboxylic acids is 1. The largest absolute Gasteiger partial charge is 0.448 e. The molecule has 0 spiro atoms. The number of halogens is 1. The Morgan fingerprint density at radius 3 is 2.55 bits per heavy atom. The normalized spacial score (nSPS) is 21.0. The van der Waals surface area contributed by atoms with Gasteiger partial charge in [0.2, 0.25) is 0 Å². The Bertz CT molecular complexity index is 515. The maximum absolute atomic E-state index is 11.5. The number of carbonyl (C=O) groups is 1. The van der Waals surface area contributed by atoms with Gasteiger partial charge in [-0.1, -0.05) is 23.7 Å². The molecule has 2 aliphatic rings. The first-order valence-corrected chi connectivity index (χ1v) is 8.08. The minimum absolute atomic E-state index is 0.105. The minimum atomic E-state index is -0.214. The Morgan fingerprint density at radius 1 is 1.18 bits per heavy atom. The van der Waals surface area contributed by atoms with Gasteiger partial charge >= 0.3 is 6.09 Å². The Balaban J connectivity index is 1.66. The average molecular weight is 325 g/mol. The van der Waals surface area contributed by atoms with Crippen LogP contribution in [0.1, 0.15) is 18.4 Å². The van der Waals surface area contributed by atoms with Crippen molar-refractivity contribution in [2.24, 2.45) is 0 Å². The molecule has 1 aromatic rings. The van der Waals surface area contributed by atoms with Gasteiger partial charge in [0, 0.05) is 36.9 Å². The second kappa shape index (κ2) is 6.86. The summed E-state index contributed by atoms with van der Waals surface area (Å²) in [7, 11) is 0. The Morgan fingerprint density at radius 2 is 1.91 bits per heavy atom. The highest BCUT2D eigenvalue weighted by Gasteiger charge is 2.34. The monoisotopic (exact) mass is 324 g/mol. The molecule has 6 heteroatoms. The fourth-order valence-corrected chi connectivity index (χ4v) is 3.24. The van der Waals surface area contributed by atoms with Crippen molar-refractivity contribution in [2.45, 2.75) is 18.4 Å². The molecule has 0 radical (unpaired) electrons. The maximum Gasteiger partial charge on any atom is 0.409 e. The van der Waals surface area contributed by atoms with Crippen LogP contribution in [0.5, 0.6) is 0 Å². The molecule has 2 aliphatic heterocycles. The number of nitrogens with zero attached hydrogens (tertiary/aromatic N) is 1. The molecule has 2 saturated heterocycles. The fraction of sp³-hybridized carbons (Fsp3) is 0.562. The van der Waals surface area contributed by atoms with Crippen molar-refractivity contribution in [2.75, 3.05) is 39.5 Å². The summed E-state index contributed by atoms with van der Waals surface area (Å²) in [6, 6.07) is 8.00. The molecule has 120 valence electrons. The first-order chi connectivity index (χ1) is 10.7. The van der Waals surface area contributed by atoms with Crippen LogP contribution in [-0.2, 0) is 15.0 Å². The lowest BCUT2D eigenvalue weighted by atomic mass is 9.82. The number of rotatable bonds is 5. The Labute approximate surface area is 135 Å². The van der Waals surface area contributed by atoms with E-state index in [0.717, 1.165) is 37.6 Å². The average Bonchev–Trinajstić information content (AvgIpc) is 2.94.